The van der Waals surface area contributed by atoms with Gasteiger partial charge in [-0.15, -0.1) is 13.2 Å². The Morgan fingerprint density at radius 1 is 1.00 bits per heavy atom. The molecular formula is C27H23F3N6O3. The first-order valence-electron chi connectivity index (χ1n) is 11.8. The van der Waals surface area contributed by atoms with Gasteiger partial charge in [-0.25, -0.2) is 14.5 Å². The number of hydrogen-bond donors (Lipinski definition) is 3. The van der Waals surface area contributed by atoms with Gasteiger partial charge in [0.25, 0.3) is 0 Å². The van der Waals surface area contributed by atoms with E-state index in [-0.39, 0.29) is 5.75 Å². The summed E-state index contributed by atoms with van der Waals surface area (Å²) in [6.45, 7) is 0. The lowest BCUT2D eigenvalue weighted by atomic mass is 10.1. The normalized spacial score (nSPS) is 12.2. The number of H-pyrrole nitrogens is 1. The van der Waals surface area contributed by atoms with Crippen molar-refractivity contribution >= 4 is 22.9 Å². The fourth-order valence-electron chi connectivity index (χ4n) is 4.05. The van der Waals surface area contributed by atoms with E-state index >= 15 is 0 Å². The lowest BCUT2D eigenvalue weighted by Gasteiger charge is -2.18. The van der Waals surface area contributed by atoms with E-state index in [0.29, 0.717) is 23.8 Å². The minimum absolute atomic E-state index is 0.310. The van der Waals surface area contributed by atoms with E-state index in [0.717, 1.165) is 22.3 Å². The number of imidazole rings is 1. The number of ether oxygens (including phenoxy) is 2. The van der Waals surface area contributed by atoms with Crippen LogP contribution in [0.5, 0.6) is 11.5 Å². The summed E-state index contributed by atoms with van der Waals surface area (Å²) in [5, 5.41) is 9.89. The van der Waals surface area contributed by atoms with Gasteiger partial charge in [-0.1, -0.05) is 24.3 Å². The van der Waals surface area contributed by atoms with E-state index in [9.17, 15) is 18.0 Å². The first-order chi connectivity index (χ1) is 18.8. The number of nitrogens with zero attached hydrogens (tertiary/aromatic N) is 3. The number of carbonyl (C=O) groups excluding carboxylic acids is 1. The minimum Gasteiger partial charge on any atom is -0.497 e. The Bertz CT molecular complexity index is 1530. The Morgan fingerprint density at radius 2 is 1.72 bits per heavy atom. The van der Waals surface area contributed by atoms with Crippen LogP contribution in [-0.2, 0) is 6.42 Å². The Kier molecular flexibility index (Phi) is 7.08. The molecule has 5 rings (SSSR count). The third kappa shape index (κ3) is 6.29. The number of para-hydroxylation sites is 2. The molecule has 1 atom stereocenters. The van der Waals surface area contributed by atoms with Gasteiger partial charge >= 0.3 is 12.4 Å². The summed E-state index contributed by atoms with van der Waals surface area (Å²) in [6, 6.07) is 20.7. The molecule has 0 fully saturated rings. The van der Waals surface area contributed by atoms with Crippen molar-refractivity contribution in [3.05, 3.63) is 96.4 Å². The smallest absolute Gasteiger partial charge is 0.497 e. The molecule has 0 spiro atoms. The summed E-state index contributed by atoms with van der Waals surface area (Å²) in [5.41, 5.74) is 2.99. The number of hydrogen-bond acceptors (Lipinski definition) is 5. The second-order valence-electron chi connectivity index (χ2n) is 8.51. The van der Waals surface area contributed by atoms with Gasteiger partial charge in [-0.3, -0.25) is 5.32 Å². The number of methoxy groups -OCH3 is 1. The summed E-state index contributed by atoms with van der Waals surface area (Å²) in [6.07, 6.45) is -2.89. The summed E-state index contributed by atoms with van der Waals surface area (Å²) >= 11 is 0. The second-order valence-corrected chi connectivity index (χ2v) is 8.51. The molecule has 3 N–H and O–H groups in total. The van der Waals surface area contributed by atoms with Crippen LogP contribution in [0.15, 0.2) is 85.1 Å². The molecule has 1 unspecified atom stereocenters. The third-order valence-electron chi connectivity index (χ3n) is 5.84. The van der Waals surface area contributed by atoms with Crippen molar-refractivity contribution in [3.8, 4) is 17.2 Å². The number of alkyl halides is 3. The molecular weight excluding hydrogens is 513 g/mol. The van der Waals surface area contributed by atoms with E-state index in [1.54, 1.807) is 13.2 Å². The van der Waals surface area contributed by atoms with Crippen molar-refractivity contribution in [3.63, 3.8) is 0 Å². The second kappa shape index (κ2) is 10.8. The fourth-order valence-corrected chi connectivity index (χ4v) is 4.05. The highest BCUT2D eigenvalue weighted by Crippen LogP contribution is 2.25. The minimum atomic E-state index is -4.79. The number of anilines is 1. The number of urea groups is 1. The quantitative estimate of drug-likeness (QED) is 0.234. The van der Waals surface area contributed by atoms with Gasteiger partial charge in [-0.2, -0.15) is 5.10 Å². The number of carbonyl (C=O) groups is 1. The van der Waals surface area contributed by atoms with Gasteiger partial charge in [0.2, 0.25) is 0 Å². The Hall–Kier alpha value is -5.00. The zero-order chi connectivity index (χ0) is 27.4. The number of amides is 2. The Labute approximate surface area is 220 Å². The van der Waals surface area contributed by atoms with Crippen LogP contribution in [-0.4, -0.2) is 39.3 Å². The highest BCUT2D eigenvalue weighted by Gasteiger charge is 2.31. The highest BCUT2D eigenvalue weighted by molar-refractivity contribution is 5.89. The predicted octanol–water partition coefficient (Wildman–Crippen LogP) is 5.76. The van der Waals surface area contributed by atoms with Gasteiger partial charge in [-0.05, 0) is 60.5 Å². The SMILES string of the molecule is COc1ccc(CC(NC(=O)Nc2ccnn2-c2ccc(OC(F)(F)F)cc2)c2nc3ccccc3[nH]2)cc1. The predicted molar refractivity (Wildman–Crippen MR) is 138 cm³/mol. The van der Waals surface area contributed by atoms with Gasteiger partial charge in [0, 0.05) is 6.07 Å². The molecule has 12 heteroatoms. The summed E-state index contributed by atoms with van der Waals surface area (Å²) in [5.74, 6) is 1.24. The van der Waals surface area contributed by atoms with Crippen molar-refractivity contribution < 1.29 is 27.4 Å². The molecule has 0 saturated heterocycles. The van der Waals surface area contributed by atoms with Crippen molar-refractivity contribution in [2.75, 3.05) is 12.4 Å². The first-order valence-corrected chi connectivity index (χ1v) is 11.8. The number of aromatic amines is 1. The van der Waals surface area contributed by atoms with Gasteiger partial charge in [0.15, 0.2) is 0 Å². The number of nitrogens with one attached hydrogen (secondary N) is 3. The zero-order valence-corrected chi connectivity index (χ0v) is 20.6. The molecule has 2 heterocycles. The average Bonchev–Trinajstić information content (AvgIpc) is 3.55. The molecule has 9 nitrogen and oxygen atoms in total. The van der Waals surface area contributed by atoms with Crippen LogP contribution in [0.1, 0.15) is 17.4 Å². The average molecular weight is 537 g/mol. The molecule has 2 amide bonds. The van der Waals surface area contributed by atoms with E-state index < -0.39 is 18.4 Å². The van der Waals surface area contributed by atoms with Crippen molar-refractivity contribution in [2.24, 2.45) is 0 Å². The van der Waals surface area contributed by atoms with E-state index in [4.69, 9.17) is 4.74 Å². The largest absolute Gasteiger partial charge is 0.573 e. The van der Waals surface area contributed by atoms with Gasteiger partial charge < -0.3 is 19.8 Å². The number of fused-ring (bicyclic) bond motifs is 1. The van der Waals surface area contributed by atoms with Gasteiger partial charge in [0.1, 0.15) is 23.1 Å². The molecule has 0 radical (unpaired) electrons. The van der Waals surface area contributed by atoms with Crippen LogP contribution >= 0.6 is 0 Å². The van der Waals surface area contributed by atoms with Crippen LogP contribution < -0.4 is 20.1 Å². The maximum atomic E-state index is 13.1. The molecule has 200 valence electrons. The number of halogens is 3. The molecule has 3 aromatic carbocycles. The number of benzene rings is 3. The highest BCUT2D eigenvalue weighted by atomic mass is 19.4. The van der Waals surface area contributed by atoms with Crippen LogP contribution in [0.4, 0.5) is 23.8 Å². The molecule has 2 aromatic heterocycles. The van der Waals surface area contributed by atoms with E-state index in [1.807, 2.05) is 48.5 Å². The Balaban J connectivity index is 1.34. The fraction of sp³-hybridized carbons (Fsp3) is 0.148. The first kappa shape index (κ1) is 25.6. The van der Waals surface area contributed by atoms with Crippen LogP contribution in [0.2, 0.25) is 0 Å². The molecule has 0 saturated carbocycles. The van der Waals surface area contributed by atoms with E-state index in [2.05, 4.69) is 30.4 Å². The van der Waals surface area contributed by atoms with Crippen LogP contribution in [0, 0.1) is 0 Å². The molecule has 0 aliphatic carbocycles. The lowest BCUT2D eigenvalue weighted by Crippen LogP contribution is -2.34. The summed E-state index contributed by atoms with van der Waals surface area (Å²) < 4.78 is 48.0. The lowest BCUT2D eigenvalue weighted by molar-refractivity contribution is -0.274. The molecule has 5 aromatic rings. The summed E-state index contributed by atoms with van der Waals surface area (Å²) in [7, 11) is 1.59. The van der Waals surface area contributed by atoms with Crippen LogP contribution in [0.3, 0.4) is 0 Å². The molecule has 0 bridgehead atoms. The molecule has 39 heavy (non-hydrogen) atoms. The number of rotatable bonds is 8. The zero-order valence-electron chi connectivity index (χ0n) is 20.6. The maximum Gasteiger partial charge on any atom is 0.573 e. The van der Waals surface area contributed by atoms with Crippen LogP contribution in [0.25, 0.3) is 16.7 Å². The standard InChI is InChI=1S/C27H23F3N6O3/c1-38-19-10-6-17(7-11-19)16-23(25-32-21-4-2-3-5-22(21)33-25)34-26(37)35-24-14-15-31-36(24)18-8-12-20(13-9-18)39-27(28,29)30/h2-15,23H,16H2,1H3,(H,32,33)(H2,34,35,37). The summed E-state index contributed by atoms with van der Waals surface area (Å²) in [4.78, 5) is 21.1. The van der Waals surface area contributed by atoms with Crippen molar-refractivity contribution in [2.45, 2.75) is 18.8 Å². The number of aromatic nitrogens is 4. The monoisotopic (exact) mass is 536 g/mol. The topological polar surface area (TPSA) is 106 Å². The molecule has 0 aliphatic rings. The maximum absolute atomic E-state index is 13.1. The third-order valence-corrected chi connectivity index (χ3v) is 5.84. The van der Waals surface area contributed by atoms with E-state index in [1.165, 1.54) is 35.1 Å². The van der Waals surface area contributed by atoms with Crippen molar-refractivity contribution in [1.82, 2.24) is 25.1 Å². The van der Waals surface area contributed by atoms with Crippen molar-refractivity contribution in [1.29, 1.82) is 0 Å². The van der Waals surface area contributed by atoms with Gasteiger partial charge in [0.05, 0.1) is 36.1 Å². The Morgan fingerprint density at radius 3 is 2.41 bits per heavy atom. The molecule has 0 aliphatic heterocycles.